The van der Waals surface area contributed by atoms with Crippen molar-refractivity contribution in [2.24, 2.45) is 0 Å². The summed E-state index contributed by atoms with van der Waals surface area (Å²) in [4.78, 5) is 26.5. The summed E-state index contributed by atoms with van der Waals surface area (Å²) in [5.41, 5.74) is 0.262. The van der Waals surface area contributed by atoms with Crippen molar-refractivity contribution in [3.8, 4) is 0 Å². The van der Waals surface area contributed by atoms with E-state index < -0.39 is 11.5 Å². The van der Waals surface area contributed by atoms with Gasteiger partial charge in [-0.25, -0.2) is 4.79 Å². The summed E-state index contributed by atoms with van der Waals surface area (Å²) in [6.45, 7) is 2.01. The molecule has 0 aromatic heterocycles. The predicted octanol–water partition coefficient (Wildman–Crippen LogP) is 3.54. The largest absolute Gasteiger partial charge is 0.464 e. The van der Waals surface area contributed by atoms with Crippen LogP contribution >= 0.6 is 11.6 Å². The Balaban J connectivity index is 2.10. The molecule has 0 radical (unpaired) electrons. The highest BCUT2D eigenvalue weighted by Crippen LogP contribution is 2.45. The van der Waals surface area contributed by atoms with Crippen LogP contribution in [0.2, 0.25) is 5.02 Å². The Kier molecular flexibility index (Phi) is 4.09. The number of hydrogen-bond acceptors (Lipinski definition) is 3. The molecule has 2 aromatic rings. The van der Waals surface area contributed by atoms with Crippen molar-refractivity contribution < 1.29 is 14.3 Å². The van der Waals surface area contributed by atoms with Crippen molar-refractivity contribution in [3.05, 3.63) is 65.2 Å². The maximum Gasteiger partial charge on any atom is 0.337 e. The third-order valence-electron chi connectivity index (χ3n) is 3.99. The molecule has 1 heterocycles. The van der Waals surface area contributed by atoms with Gasteiger partial charge in [-0.15, -0.1) is 0 Å². The summed E-state index contributed by atoms with van der Waals surface area (Å²) in [6.07, 6.45) is 0.0957. The van der Waals surface area contributed by atoms with Crippen LogP contribution in [-0.2, 0) is 19.9 Å². The van der Waals surface area contributed by atoms with Crippen molar-refractivity contribution in [2.45, 2.75) is 18.9 Å². The van der Waals surface area contributed by atoms with Gasteiger partial charge in [-0.1, -0.05) is 41.9 Å². The second-order valence-electron chi connectivity index (χ2n) is 5.33. The number of carbonyl (C=O) groups is 2. The van der Waals surface area contributed by atoms with Crippen molar-refractivity contribution >= 4 is 29.2 Å². The molecular weight excluding hydrogens is 314 g/mol. The van der Waals surface area contributed by atoms with E-state index in [2.05, 4.69) is 0 Å². The number of hydrogen-bond donors (Lipinski definition) is 0. The zero-order valence-corrected chi connectivity index (χ0v) is 13.4. The molecule has 1 amide bonds. The number of amides is 1. The standard InChI is InChI=1S/C18H16ClNO3/c1-2-23-17(22)18(13-6-4-3-5-7-13)12-16(21)20(18)15-10-8-14(19)9-11-15/h3-11H,2,12H2,1H3. The summed E-state index contributed by atoms with van der Waals surface area (Å²) in [5.74, 6) is -0.537. The molecule has 0 N–H and O–H groups in total. The van der Waals surface area contributed by atoms with Gasteiger partial charge < -0.3 is 4.74 Å². The average molecular weight is 330 g/mol. The molecule has 2 aromatic carbocycles. The molecule has 23 heavy (non-hydrogen) atoms. The molecule has 1 fully saturated rings. The highest BCUT2D eigenvalue weighted by molar-refractivity contribution is 6.30. The second kappa shape index (κ2) is 6.05. The molecule has 1 atom stereocenters. The monoisotopic (exact) mass is 329 g/mol. The molecule has 1 unspecified atom stereocenters. The quantitative estimate of drug-likeness (QED) is 0.636. The SMILES string of the molecule is CCOC(=O)C1(c2ccccc2)CC(=O)N1c1ccc(Cl)cc1. The minimum Gasteiger partial charge on any atom is -0.464 e. The lowest BCUT2D eigenvalue weighted by Crippen LogP contribution is -2.66. The molecule has 1 saturated heterocycles. The Hall–Kier alpha value is -2.33. The van der Waals surface area contributed by atoms with Crippen molar-refractivity contribution in [1.29, 1.82) is 0 Å². The zero-order chi connectivity index (χ0) is 16.4. The van der Waals surface area contributed by atoms with E-state index in [1.807, 2.05) is 30.3 Å². The first-order valence-corrected chi connectivity index (χ1v) is 7.79. The Morgan fingerprint density at radius 3 is 2.39 bits per heavy atom. The highest BCUT2D eigenvalue weighted by Gasteiger charge is 2.59. The number of β-lactam (4-membered cyclic amide) rings is 1. The van der Waals surface area contributed by atoms with E-state index in [-0.39, 0.29) is 18.9 Å². The summed E-state index contributed by atoms with van der Waals surface area (Å²) in [6, 6.07) is 16.1. The van der Waals surface area contributed by atoms with Crippen LogP contribution in [-0.4, -0.2) is 18.5 Å². The molecule has 5 heteroatoms. The fraction of sp³-hybridized carbons (Fsp3) is 0.222. The lowest BCUT2D eigenvalue weighted by Gasteiger charge is -2.49. The number of ether oxygens (including phenoxy) is 1. The van der Waals surface area contributed by atoms with Crippen LogP contribution in [0.4, 0.5) is 5.69 Å². The lowest BCUT2D eigenvalue weighted by molar-refractivity contribution is -0.158. The third-order valence-corrected chi connectivity index (χ3v) is 4.24. The van der Waals surface area contributed by atoms with E-state index in [1.54, 1.807) is 31.2 Å². The van der Waals surface area contributed by atoms with Gasteiger partial charge in [0.2, 0.25) is 5.91 Å². The van der Waals surface area contributed by atoms with Gasteiger partial charge in [0.1, 0.15) is 0 Å². The maximum absolute atomic E-state index is 12.7. The fourth-order valence-corrected chi connectivity index (χ4v) is 3.06. The lowest BCUT2D eigenvalue weighted by atomic mass is 9.77. The Morgan fingerprint density at radius 1 is 1.17 bits per heavy atom. The zero-order valence-electron chi connectivity index (χ0n) is 12.7. The molecule has 3 rings (SSSR count). The Morgan fingerprint density at radius 2 is 1.83 bits per heavy atom. The van der Waals surface area contributed by atoms with Gasteiger partial charge in [-0.3, -0.25) is 9.69 Å². The van der Waals surface area contributed by atoms with Gasteiger partial charge in [0.15, 0.2) is 5.54 Å². The van der Waals surface area contributed by atoms with Crippen molar-refractivity contribution in [1.82, 2.24) is 0 Å². The number of benzene rings is 2. The van der Waals surface area contributed by atoms with Crippen LogP contribution in [0.1, 0.15) is 18.9 Å². The normalized spacial score (nSPS) is 20.1. The van der Waals surface area contributed by atoms with Gasteiger partial charge in [-0.2, -0.15) is 0 Å². The van der Waals surface area contributed by atoms with Crippen LogP contribution in [0.25, 0.3) is 0 Å². The topological polar surface area (TPSA) is 46.6 Å². The van der Waals surface area contributed by atoms with E-state index in [4.69, 9.17) is 16.3 Å². The van der Waals surface area contributed by atoms with Crippen LogP contribution in [0.3, 0.4) is 0 Å². The van der Waals surface area contributed by atoms with Gasteiger partial charge >= 0.3 is 5.97 Å². The molecular formula is C18H16ClNO3. The highest BCUT2D eigenvalue weighted by atomic mass is 35.5. The minimum absolute atomic E-state index is 0.0957. The molecule has 0 bridgehead atoms. The third kappa shape index (κ3) is 2.49. The maximum atomic E-state index is 12.7. The first kappa shape index (κ1) is 15.6. The van der Waals surface area contributed by atoms with Gasteiger partial charge in [0, 0.05) is 10.7 Å². The Labute approximate surface area is 139 Å². The molecule has 1 aliphatic heterocycles. The Bertz CT molecular complexity index is 730. The van der Waals surface area contributed by atoms with Gasteiger partial charge in [0.25, 0.3) is 0 Å². The summed E-state index contributed by atoms with van der Waals surface area (Å²) < 4.78 is 5.27. The van der Waals surface area contributed by atoms with E-state index in [1.165, 1.54) is 4.90 Å². The molecule has 0 aliphatic carbocycles. The number of carbonyl (C=O) groups excluding carboxylic acids is 2. The predicted molar refractivity (Wildman–Crippen MR) is 88.3 cm³/mol. The number of halogens is 1. The summed E-state index contributed by atoms with van der Waals surface area (Å²) >= 11 is 5.92. The number of nitrogens with zero attached hydrogens (tertiary/aromatic N) is 1. The molecule has 118 valence electrons. The van der Waals surface area contributed by atoms with E-state index in [0.29, 0.717) is 10.7 Å². The summed E-state index contributed by atoms with van der Waals surface area (Å²) in [5, 5.41) is 0.572. The first-order chi connectivity index (χ1) is 11.1. The second-order valence-corrected chi connectivity index (χ2v) is 5.77. The van der Waals surface area contributed by atoms with Gasteiger partial charge in [0.05, 0.1) is 13.0 Å². The number of anilines is 1. The summed E-state index contributed by atoms with van der Waals surface area (Å²) in [7, 11) is 0. The van der Waals surface area contributed by atoms with Crippen molar-refractivity contribution in [2.75, 3.05) is 11.5 Å². The van der Waals surface area contributed by atoms with Gasteiger partial charge in [-0.05, 0) is 36.8 Å². The van der Waals surface area contributed by atoms with Crippen LogP contribution < -0.4 is 4.90 Å². The minimum atomic E-state index is -1.11. The van der Waals surface area contributed by atoms with Crippen LogP contribution in [0, 0.1) is 0 Å². The van der Waals surface area contributed by atoms with E-state index in [9.17, 15) is 9.59 Å². The molecule has 1 aliphatic rings. The van der Waals surface area contributed by atoms with Crippen molar-refractivity contribution in [3.63, 3.8) is 0 Å². The molecule has 0 saturated carbocycles. The van der Waals surface area contributed by atoms with E-state index in [0.717, 1.165) is 5.56 Å². The molecule has 0 spiro atoms. The number of rotatable bonds is 4. The first-order valence-electron chi connectivity index (χ1n) is 7.41. The van der Waals surface area contributed by atoms with E-state index >= 15 is 0 Å². The molecule has 4 nitrogen and oxygen atoms in total. The number of esters is 1. The average Bonchev–Trinajstić information content (AvgIpc) is 2.55. The smallest absolute Gasteiger partial charge is 0.337 e. The fourth-order valence-electron chi connectivity index (χ4n) is 2.93. The van der Waals surface area contributed by atoms with Crippen LogP contribution in [0.15, 0.2) is 54.6 Å². The van der Waals surface area contributed by atoms with Crippen LogP contribution in [0.5, 0.6) is 0 Å².